The summed E-state index contributed by atoms with van der Waals surface area (Å²) in [5.41, 5.74) is 2.26. The number of hydrogen-bond acceptors (Lipinski definition) is 2. The molecule has 0 unspecified atom stereocenters. The number of anilines is 1. The number of carbonyl (C=O) groups is 1. The summed E-state index contributed by atoms with van der Waals surface area (Å²) in [5, 5.41) is 4.92. The number of para-hydroxylation sites is 1. The van der Waals surface area contributed by atoms with Gasteiger partial charge in [-0.25, -0.2) is 9.18 Å². The van der Waals surface area contributed by atoms with Crippen LogP contribution < -0.4 is 15.4 Å². The molecule has 0 fully saturated rings. The number of hydrogen-bond donors (Lipinski definition) is 2. The van der Waals surface area contributed by atoms with Gasteiger partial charge in [-0.1, -0.05) is 29.8 Å². The first kappa shape index (κ1) is 14.8. The topological polar surface area (TPSA) is 50.4 Å². The van der Waals surface area contributed by atoms with Crippen molar-refractivity contribution in [2.24, 2.45) is 0 Å². The van der Waals surface area contributed by atoms with Crippen LogP contribution in [0.1, 0.15) is 11.1 Å². The Balaban J connectivity index is 1.83. The Hall–Kier alpha value is -2.56. The molecule has 0 aliphatic carbocycles. The van der Waals surface area contributed by atoms with E-state index >= 15 is 0 Å². The van der Waals surface area contributed by atoms with E-state index in [-0.39, 0.29) is 12.4 Å². The minimum absolute atomic E-state index is 0.00415. The average Bonchev–Trinajstić information content (AvgIpc) is 2.44. The summed E-state index contributed by atoms with van der Waals surface area (Å²) in [7, 11) is 0. The molecule has 0 bridgehead atoms. The summed E-state index contributed by atoms with van der Waals surface area (Å²) >= 11 is 0. The molecule has 110 valence electrons. The highest BCUT2D eigenvalue weighted by Crippen LogP contribution is 2.18. The zero-order valence-electron chi connectivity index (χ0n) is 11.9. The molecule has 2 aromatic rings. The number of aryl methyl sites for hydroxylation is 2. The quantitative estimate of drug-likeness (QED) is 0.845. The lowest BCUT2D eigenvalue weighted by atomic mass is 10.1. The van der Waals surface area contributed by atoms with Crippen LogP contribution in [-0.4, -0.2) is 12.8 Å². The molecule has 0 aromatic heterocycles. The van der Waals surface area contributed by atoms with Crippen molar-refractivity contribution in [2.45, 2.75) is 13.8 Å². The predicted molar refractivity (Wildman–Crippen MR) is 80.0 cm³/mol. The highest BCUT2D eigenvalue weighted by Gasteiger charge is 2.06. The molecule has 2 rings (SSSR count). The van der Waals surface area contributed by atoms with Gasteiger partial charge in [-0.3, -0.25) is 0 Å². The molecule has 4 nitrogen and oxygen atoms in total. The van der Waals surface area contributed by atoms with E-state index < -0.39 is 11.8 Å². The van der Waals surface area contributed by atoms with E-state index in [1.165, 1.54) is 12.1 Å². The zero-order chi connectivity index (χ0) is 15.2. The maximum atomic E-state index is 13.4. The van der Waals surface area contributed by atoms with Crippen molar-refractivity contribution in [3.63, 3.8) is 0 Å². The molecule has 2 N–H and O–H groups in total. The maximum Gasteiger partial charge on any atom is 0.321 e. The molecular formula is C16H17FN2O2. The molecule has 0 radical (unpaired) electrons. The molecule has 0 saturated carbocycles. The SMILES string of the molecule is Cc1ccc(OCNC(=O)Nc2ccccc2F)c(C)c1. The van der Waals surface area contributed by atoms with Crippen LogP contribution in [0.25, 0.3) is 0 Å². The second kappa shape index (κ2) is 6.74. The van der Waals surface area contributed by atoms with E-state index in [2.05, 4.69) is 10.6 Å². The van der Waals surface area contributed by atoms with Crippen molar-refractivity contribution < 1.29 is 13.9 Å². The van der Waals surface area contributed by atoms with E-state index in [4.69, 9.17) is 4.74 Å². The molecule has 2 amide bonds. The molecular weight excluding hydrogens is 271 g/mol. The van der Waals surface area contributed by atoms with Gasteiger partial charge in [-0.05, 0) is 37.6 Å². The van der Waals surface area contributed by atoms with E-state index in [9.17, 15) is 9.18 Å². The summed E-state index contributed by atoms with van der Waals surface area (Å²) in [6, 6.07) is 11.2. The average molecular weight is 288 g/mol. The van der Waals surface area contributed by atoms with Gasteiger partial charge in [0, 0.05) is 0 Å². The van der Waals surface area contributed by atoms with Crippen molar-refractivity contribution in [1.29, 1.82) is 0 Å². The lowest BCUT2D eigenvalue weighted by Crippen LogP contribution is -2.32. The molecule has 0 spiro atoms. The molecule has 21 heavy (non-hydrogen) atoms. The Morgan fingerprint density at radius 1 is 1.19 bits per heavy atom. The summed E-state index contributed by atoms with van der Waals surface area (Å²) < 4.78 is 18.8. The number of ether oxygens (including phenoxy) is 1. The van der Waals surface area contributed by atoms with Gasteiger partial charge in [-0.15, -0.1) is 0 Å². The zero-order valence-corrected chi connectivity index (χ0v) is 11.9. The Morgan fingerprint density at radius 3 is 2.67 bits per heavy atom. The van der Waals surface area contributed by atoms with Gasteiger partial charge in [0.05, 0.1) is 5.69 Å². The van der Waals surface area contributed by atoms with Gasteiger partial charge in [0.2, 0.25) is 0 Å². The lowest BCUT2D eigenvalue weighted by molar-refractivity contribution is 0.234. The number of nitrogens with one attached hydrogen (secondary N) is 2. The van der Waals surface area contributed by atoms with Crippen LogP contribution in [0.5, 0.6) is 5.75 Å². The highest BCUT2D eigenvalue weighted by atomic mass is 19.1. The van der Waals surface area contributed by atoms with Crippen molar-refractivity contribution in [2.75, 3.05) is 12.0 Å². The summed E-state index contributed by atoms with van der Waals surface area (Å²) in [4.78, 5) is 11.6. The summed E-state index contributed by atoms with van der Waals surface area (Å²) in [5.74, 6) is 0.217. The van der Waals surface area contributed by atoms with Gasteiger partial charge in [0.1, 0.15) is 11.6 Å². The number of halogens is 1. The first-order chi connectivity index (χ1) is 10.1. The third-order valence-corrected chi connectivity index (χ3v) is 2.91. The molecule has 0 heterocycles. The van der Waals surface area contributed by atoms with Crippen LogP contribution in [0.4, 0.5) is 14.9 Å². The van der Waals surface area contributed by atoms with Crippen molar-refractivity contribution in [3.05, 3.63) is 59.4 Å². The van der Waals surface area contributed by atoms with Crippen LogP contribution in [0.3, 0.4) is 0 Å². The first-order valence-electron chi connectivity index (χ1n) is 6.55. The second-order valence-corrected chi connectivity index (χ2v) is 4.67. The van der Waals surface area contributed by atoms with Crippen LogP contribution >= 0.6 is 0 Å². The summed E-state index contributed by atoms with van der Waals surface area (Å²) in [6.45, 7) is 3.93. The number of amides is 2. The van der Waals surface area contributed by atoms with E-state index in [0.717, 1.165) is 11.1 Å². The molecule has 0 saturated heterocycles. The Labute approximate surface area is 122 Å². The first-order valence-corrected chi connectivity index (χ1v) is 6.55. The van der Waals surface area contributed by atoms with Gasteiger partial charge in [-0.2, -0.15) is 0 Å². The van der Waals surface area contributed by atoms with Gasteiger partial charge in [0.25, 0.3) is 0 Å². The maximum absolute atomic E-state index is 13.4. The lowest BCUT2D eigenvalue weighted by Gasteiger charge is -2.11. The fraction of sp³-hybridized carbons (Fsp3) is 0.188. The predicted octanol–water partition coefficient (Wildman–Crippen LogP) is 3.60. The van der Waals surface area contributed by atoms with E-state index in [1.807, 2.05) is 32.0 Å². The van der Waals surface area contributed by atoms with Crippen molar-refractivity contribution in [1.82, 2.24) is 5.32 Å². The minimum atomic E-state index is -0.523. The Kier molecular flexibility index (Phi) is 4.77. The van der Waals surface area contributed by atoms with Crippen molar-refractivity contribution >= 4 is 11.7 Å². The third-order valence-electron chi connectivity index (χ3n) is 2.91. The normalized spacial score (nSPS) is 10.0. The van der Waals surface area contributed by atoms with E-state index in [1.54, 1.807) is 12.1 Å². The van der Waals surface area contributed by atoms with Crippen LogP contribution in [0.15, 0.2) is 42.5 Å². The number of rotatable bonds is 4. The molecule has 0 aliphatic rings. The summed E-state index contributed by atoms with van der Waals surface area (Å²) in [6.07, 6.45) is 0. The molecule has 2 aromatic carbocycles. The monoisotopic (exact) mass is 288 g/mol. The van der Waals surface area contributed by atoms with Gasteiger partial charge >= 0.3 is 6.03 Å². The Bertz CT molecular complexity index is 644. The van der Waals surface area contributed by atoms with Gasteiger partial charge in [0.15, 0.2) is 6.73 Å². The highest BCUT2D eigenvalue weighted by molar-refractivity contribution is 5.89. The number of carbonyl (C=O) groups excluding carboxylic acids is 1. The van der Waals surface area contributed by atoms with Crippen molar-refractivity contribution in [3.8, 4) is 5.75 Å². The molecule has 0 atom stereocenters. The Morgan fingerprint density at radius 2 is 1.95 bits per heavy atom. The standard InChI is InChI=1S/C16H17FN2O2/c1-11-7-8-15(12(2)9-11)21-10-18-16(20)19-14-6-4-3-5-13(14)17/h3-9H,10H2,1-2H3,(H2,18,19,20). The van der Waals surface area contributed by atoms with Crippen LogP contribution in [0.2, 0.25) is 0 Å². The third kappa shape index (κ3) is 4.21. The molecule has 0 aliphatic heterocycles. The second-order valence-electron chi connectivity index (χ2n) is 4.67. The van der Waals surface area contributed by atoms with Gasteiger partial charge < -0.3 is 15.4 Å². The van der Waals surface area contributed by atoms with Crippen LogP contribution in [0, 0.1) is 19.7 Å². The number of urea groups is 1. The van der Waals surface area contributed by atoms with Crippen LogP contribution in [-0.2, 0) is 0 Å². The number of benzene rings is 2. The smallest absolute Gasteiger partial charge is 0.321 e. The fourth-order valence-electron chi connectivity index (χ4n) is 1.87. The molecule has 5 heteroatoms. The largest absolute Gasteiger partial charge is 0.473 e. The fourth-order valence-corrected chi connectivity index (χ4v) is 1.87. The minimum Gasteiger partial charge on any atom is -0.473 e. The van der Waals surface area contributed by atoms with E-state index in [0.29, 0.717) is 5.75 Å².